The number of aryl methyl sites for hydroxylation is 1. The van der Waals surface area contributed by atoms with Gasteiger partial charge in [0.25, 0.3) is 0 Å². The van der Waals surface area contributed by atoms with E-state index >= 15 is 0 Å². The monoisotopic (exact) mass is 389 g/mol. The molecule has 1 aromatic heterocycles. The van der Waals surface area contributed by atoms with E-state index in [1.165, 1.54) is 4.80 Å². The molecule has 26 heavy (non-hydrogen) atoms. The van der Waals surface area contributed by atoms with Crippen molar-refractivity contribution in [3.63, 3.8) is 0 Å². The first-order valence-electron chi connectivity index (χ1n) is 7.95. The third kappa shape index (κ3) is 4.39. The molecule has 0 unspecified atom stereocenters. The van der Waals surface area contributed by atoms with Crippen LogP contribution in [0.2, 0.25) is 10.0 Å². The van der Waals surface area contributed by atoms with E-state index in [1.54, 1.807) is 24.1 Å². The fourth-order valence-corrected chi connectivity index (χ4v) is 2.69. The molecule has 0 spiro atoms. The minimum atomic E-state index is -0.135. The molecule has 0 fully saturated rings. The molecule has 0 aliphatic rings. The predicted octanol–water partition coefficient (Wildman–Crippen LogP) is 3.61. The van der Waals surface area contributed by atoms with Crippen LogP contribution in [0.15, 0.2) is 42.5 Å². The number of hydrogen-bond acceptors (Lipinski definition) is 4. The van der Waals surface area contributed by atoms with Crippen LogP contribution in [0.4, 0.5) is 0 Å². The lowest BCUT2D eigenvalue weighted by Gasteiger charge is -2.17. The van der Waals surface area contributed by atoms with Crippen LogP contribution in [0.3, 0.4) is 0 Å². The predicted molar refractivity (Wildman–Crippen MR) is 101 cm³/mol. The van der Waals surface area contributed by atoms with Crippen LogP contribution in [0.1, 0.15) is 11.1 Å². The highest BCUT2D eigenvalue weighted by Crippen LogP contribution is 2.23. The maximum absolute atomic E-state index is 12.4. The van der Waals surface area contributed by atoms with Crippen molar-refractivity contribution < 1.29 is 4.79 Å². The highest BCUT2D eigenvalue weighted by Gasteiger charge is 2.14. The Morgan fingerprint density at radius 1 is 1.12 bits per heavy atom. The highest BCUT2D eigenvalue weighted by molar-refractivity contribution is 6.42. The molecule has 3 aromatic rings. The first kappa shape index (κ1) is 18.4. The molecule has 0 aliphatic heterocycles. The number of rotatable bonds is 5. The summed E-state index contributed by atoms with van der Waals surface area (Å²) in [6.07, 6.45) is 0. The number of aromatic nitrogens is 4. The molecule has 0 aliphatic carbocycles. The van der Waals surface area contributed by atoms with Crippen molar-refractivity contribution in [3.8, 4) is 11.4 Å². The summed E-state index contributed by atoms with van der Waals surface area (Å²) in [6.45, 7) is 2.43. The second kappa shape index (κ2) is 7.85. The second-order valence-electron chi connectivity index (χ2n) is 6.01. The lowest BCUT2D eigenvalue weighted by molar-refractivity contribution is -0.131. The van der Waals surface area contributed by atoms with Gasteiger partial charge in [-0.15, -0.1) is 10.2 Å². The van der Waals surface area contributed by atoms with E-state index in [0.717, 1.165) is 16.7 Å². The average Bonchev–Trinajstić information content (AvgIpc) is 3.07. The van der Waals surface area contributed by atoms with Crippen molar-refractivity contribution in [1.29, 1.82) is 0 Å². The number of nitrogens with zero attached hydrogens (tertiary/aromatic N) is 5. The molecule has 1 amide bonds. The number of carbonyl (C=O) groups is 1. The summed E-state index contributed by atoms with van der Waals surface area (Å²) >= 11 is 11.9. The fraction of sp³-hybridized carbons (Fsp3) is 0.222. The van der Waals surface area contributed by atoms with Crippen LogP contribution < -0.4 is 0 Å². The topological polar surface area (TPSA) is 63.9 Å². The molecule has 0 bridgehead atoms. The largest absolute Gasteiger partial charge is 0.340 e. The molecule has 0 N–H and O–H groups in total. The van der Waals surface area contributed by atoms with Crippen LogP contribution in [0.25, 0.3) is 11.4 Å². The van der Waals surface area contributed by atoms with Gasteiger partial charge in [0.15, 0.2) is 0 Å². The van der Waals surface area contributed by atoms with Gasteiger partial charge >= 0.3 is 0 Å². The smallest absolute Gasteiger partial charge is 0.246 e. The van der Waals surface area contributed by atoms with E-state index in [2.05, 4.69) is 15.4 Å². The Hall–Kier alpha value is -2.44. The fourth-order valence-electron chi connectivity index (χ4n) is 2.37. The van der Waals surface area contributed by atoms with Gasteiger partial charge in [-0.1, -0.05) is 59.1 Å². The van der Waals surface area contributed by atoms with E-state index in [1.807, 2.05) is 37.3 Å². The first-order valence-corrected chi connectivity index (χ1v) is 8.71. The zero-order valence-corrected chi connectivity index (χ0v) is 15.9. The molecule has 134 valence electrons. The van der Waals surface area contributed by atoms with Gasteiger partial charge in [-0.3, -0.25) is 4.79 Å². The zero-order valence-electron chi connectivity index (χ0n) is 14.4. The normalized spacial score (nSPS) is 10.8. The Balaban J connectivity index is 1.64. The van der Waals surface area contributed by atoms with Crippen molar-refractivity contribution in [2.75, 3.05) is 7.05 Å². The van der Waals surface area contributed by atoms with Crippen molar-refractivity contribution in [2.24, 2.45) is 0 Å². The molecule has 1 heterocycles. The van der Waals surface area contributed by atoms with Gasteiger partial charge in [-0.25, -0.2) is 0 Å². The van der Waals surface area contributed by atoms with Gasteiger partial charge in [0.1, 0.15) is 6.54 Å². The molecular formula is C18H17Cl2N5O. The Bertz CT molecular complexity index is 924. The number of amides is 1. The van der Waals surface area contributed by atoms with Gasteiger partial charge < -0.3 is 4.90 Å². The van der Waals surface area contributed by atoms with E-state index in [0.29, 0.717) is 22.4 Å². The van der Waals surface area contributed by atoms with Gasteiger partial charge in [0.05, 0.1) is 10.0 Å². The minimum absolute atomic E-state index is 0.0106. The third-order valence-electron chi connectivity index (χ3n) is 3.87. The number of halogens is 2. The van der Waals surface area contributed by atoms with Gasteiger partial charge in [0, 0.05) is 19.2 Å². The van der Waals surface area contributed by atoms with Crippen LogP contribution >= 0.6 is 23.2 Å². The average molecular weight is 390 g/mol. The van der Waals surface area contributed by atoms with Crippen LogP contribution in [-0.4, -0.2) is 38.1 Å². The van der Waals surface area contributed by atoms with Crippen molar-refractivity contribution >= 4 is 29.1 Å². The highest BCUT2D eigenvalue weighted by atomic mass is 35.5. The summed E-state index contributed by atoms with van der Waals surface area (Å²) < 4.78 is 0. The molecule has 0 radical (unpaired) electrons. The summed E-state index contributed by atoms with van der Waals surface area (Å²) in [7, 11) is 1.71. The summed E-state index contributed by atoms with van der Waals surface area (Å²) in [5.74, 6) is 0.355. The number of benzene rings is 2. The van der Waals surface area contributed by atoms with Crippen LogP contribution in [0.5, 0.6) is 0 Å². The summed E-state index contributed by atoms with van der Waals surface area (Å²) in [5.41, 5.74) is 2.90. The molecule has 0 atom stereocenters. The molecular weight excluding hydrogens is 373 g/mol. The summed E-state index contributed by atoms with van der Waals surface area (Å²) in [6, 6.07) is 13.1. The third-order valence-corrected chi connectivity index (χ3v) is 4.61. The standard InChI is InChI=1S/C18H17Cl2N5O/c1-12-3-6-14(7-4-12)18-21-23-25(22-18)11-17(26)24(2)10-13-5-8-15(19)16(20)9-13/h3-9H,10-11H2,1-2H3. The molecule has 3 rings (SSSR count). The molecule has 8 heteroatoms. The number of carbonyl (C=O) groups excluding carboxylic acids is 1. The summed E-state index contributed by atoms with van der Waals surface area (Å²) in [5, 5.41) is 13.2. The Morgan fingerprint density at radius 3 is 2.54 bits per heavy atom. The number of tetrazole rings is 1. The zero-order chi connectivity index (χ0) is 18.7. The van der Waals surface area contributed by atoms with Gasteiger partial charge in [-0.05, 0) is 29.8 Å². The summed E-state index contributed by atoms with van der Waals surface area (Å²) in [4.78, 5) is 15.3. The van der Waals surface area contributed by atoms with Crippen molar-refractivity contribution in [1.82, 2.24) is 25.1 Å². The first-order chi connectivity index (χ1) is 12.4. The van der Waals surface area contributed by atoms with E-state index in [4.69, 9.17) is 23.2 Å². The number of likely N-dealkylation sites (N-methyl/N-ethyl adjacent to an activating group) is 1. The van der Waals surface area contributed by atoms with Gasteiger partial charge in [-0.2, -0.15) is 4.80 Å². The Labute approximate surface area is 161 Å². The molecule has 0 saturated carbocycles. The second-order valence-corrected chi connectivity index (χ2v) is 6.82. The quantitative estimate of drug-likeness (QED) is 0.668. The lowest BCUT2D eigenvalue weighted by Crippen LogP contribution is -2.30. The van der Waals surface area contributed by atoms with Gasteiger partial charge in [0.2, 0.25) is 11.7 Å². The van der Waals surface area contributed by atoms with Crippen LogP contribution in [-0.2, 0) is 17.9 Å². The van der Waals surface area contributed by atoms with Crippen molar-refractivity contribution in [3.05, 3.63) is 63.6 Å². The Morgan fingerprint density at radius 2 is 1.85 bits per heavy atom. The minimum Gasteiger partial charge on any atom is -0.340 e. The maximum atomic E-state index is 12.4. The molecule has 2 aromatic carbocycles. The molecule has 6 nitrogen and oxygen atoms in total. The van der Waals surface area contributed by atoms with E-state index in [9.17, 15) is 4.79 Å². The SMILES string of the molecule is Cc1ccc(-c2nnn(CC(=O)N(C)Cc3ccc(Cl)c(Cl)c3)n2)cc1. The van der Waals surface area contributed by atoms with Crippen molar-refractivity contribution in [2.45, 2.75) is 20.0 Å². The van der Waals surface area contributed by atoms with Crippen LogP contribution in [0, 0.1) is 6.92 Å². The van der Waals surface area contributed by atoms with E-state index in [-0.39, 0.29) is 12.5 Å². The van der Waals surface area contributed by atoms with E-state index < -0.39 is 0 Å². The Kier molecular flexibility index (Phi) is 5.54. The molecule has 0 saturated heterocycles. The number of hydrogen-bond donors (Lipinski definition) is 0. The maximum Gasteiger partial charge on any atom is 0.246 e. The lowest BCUT2D eigenvalue weighted by atomic mass is 10.1.